The fourth-order valence-corrected chi connectivity index (χ4v) is 2.93. The number of carbonyl (C=O) groups is 1. The van der Waals surface area contributed by atoms with Crippen molar-refractivity contribution in [2.75, 3.05) is 25.5 Å². The third-order valence-electron chi connectivity index (χ3n) is 4.38. The minimum atomic E-state index is 0.158. The van der Waals surface area contributed by atoms with Crippen LogP contribution in [0.2, 0.25) is 0 Å². The highest BCUT2D eigenvalue weighted by molar-refractivity contribution is 5.81. The Balaban J connectivity index is 1.82. The molecule has 0 heterocycles. The van der Waals surface area contributed by atoms with Gasteiger partial charge in [0.15, 0.2) is 0 Å². The molecular weight excluding hydrogens is 288 g/mol. The zero-order valence-corrected chi connectivity index (χ0v) is 14.7. The molecule has 0 saturated heterocycles. The Morgan fingerprint density at radius 3 is 2.74 bits per heavy atom. The fraction of sp³-hybridized carbons (Fsp3) is 0.632. The van der Waals surface area contributed by atoms with Gasteiger partial charge in [0, 0.05) is 24.8 Å². The molecule has 1 saturated carbocycles. The molecule has 4 heteroatoms. The van der Waals surface area contributed by atoms with Crippen LogP contribution in [0.25, 0.3) is 0 Å². The highest BCUT2D eigenvalue weighted by Crippen LogP contribution is 2.22. The molecule has 23 heavy (non-hydrogen) atoms. The topological polar surface area (TPSA) is 41.6 Å². The maximum atomic E-state index is 12.3. The van der Waals surface area contributed by atoms with Gasteiger partial charge in [-0.2, -0.15) is 0 Å². The van der Waals surface area contributed by atoms with Crippen molar-refractivity contribution in [2.45, 2.75) is 52.0 Å². The second-order valence-corrected chi connectivity index (χ2v) is 6.88. The van der Waals surface area contributed by atoms with E-state index in [2.05, 4.69) is 19.2 Å². The van der Waals surface area contributed by atoms with Gasteiger partial charge < -0.3 is 15.0 Å². The average molecular weight is 318 g/mol. The molecule has 1 aliphatic rings. The number of benzene rings is 1. The maximum Gasteiger partial charge on any atom is 0.241 e. The van der Waals surface area contributed by atoms with Gasteiger partial charge in [-0.15, -0.1) is 0 Å². The summed E-state index contributed by atoms with van der Waals surface area (Å²) in [7, 11) is 1.93. The smallest absolute Gasteiger partial charge is 0.241 e. The van der Waals surface area contributed by atoms with Gasteiger partial charge in [-0.05, 0) is 30.9 Å². The number of carbonyl (C=O) groups excluding carboxylic acids is 1. The van der Waals surface area contributed by atoms with Gasteiger partial charge in [-0.25, -0.2) is 0 Å². The van der Waals surface area contributed by atoms with Crippen molar-refractivity contribution < 1.29 is 9.53 Å². The van der Waals surface area contributed by atoms with Gasteiger partial charge in [-0.1, -0.05) is 39.2 Å². The third-order valence-corrected chi connectivity index (χ3v) is 4.38. The zero-order chi connectivity index (χ0) is 16.7. The summed E-state index contributed by atoms with van der Waals surface area (Å²) in [6.45, 7) is 5.29. The third kappa shape index (κ3) is 5.77. The summed E-state index contributed by atoms with van der Waals surface area (Å²) in [5.74, 6) is 1.50. The van der Waals surface area contributed by atoms with Crippen LogP contribution in [-0.2, 0) is 4.79 Å². The lowest BCUT2D eigenvalue weighted by Gasteiger charge is -2.31. The molecule has 0 unspecified atom stereocenters. The molecule has 0 aliphatic heterocycles. The minimum absolute atomic E-state index is 0.158. The van der Waals surface area contributed by atoms with Crippen LogP contribution in [0.3, 0.4) is 0 Å². The summed E-state index contributed by atoms with van der Waals surface area (Å²) >= 11 is 0. The summed E-state index contributed by atoms with van der Waals surface area (Å²) in [5.41, 5.74) is 0.927. The normalized spacial score (nSPS) is 15.5. The lowest BCUT2D eigenvalue weighted by Crippen LogP contribution is -2.41. The molecule has 2 rings (SSSR count). The monoisotopic (exact) mass is 318 g/mol. The first-order valence-corrected chi connectivity index (χ1v) is 8.78. The molecule has 1 aromatic carbocycles. The van der Waals surface area contributed by atoms with Gasteiger partial charge in [0.1, 0.15) is 5.75 Å². The Labute approximate surface area is 140 Å². The van der Waals surface area contributed by atoms with Gasteiger partial charge in [0.05, 0.1) is 13.2 Å². The van der Waals surface area contributed by atoms with Gasteiger partial charge in [-0.3, -0.25) is 4.79 Å². The molecule has 128 valence electrons. The lowest BCUT2D eigenvalue weighted by molar-refractivity contribution is -0.130. The number of ether oxygens (including phenoxy) is 1. The summed E-state index contributed by atoms with van der Waals surface area (Å²) < 4.78 is 5.72. The number of amides is 1. The molecule has 1 aliphatic carbocycles. The molecule has 0 bridgehead atoms. The lowest BCUT2D eigenvalue weighted by atomic mass is 9.94. The zero-order valence-electron chi connectivity index (χ0n) is 14.7. The Bertz CT molecular complexity index is 496. The van der Waals surface area contributed by atoms with Crippen molar-refractivity contribution in [3.05, 3.63) is 24.3 Å². The van der Waals surface area contributed by atoms with E-state index >= 15 is 0 Å². The van der Waals surface area contributed by atoms with E-state index in [1.54, 1.807) is 0 Å². The van der Waals surface area contributed by atoms with Crippen molar-refractivity contribution in [1.82, 2.24) is 4.90 Å². The molecule has 0 radical (unpaired) electrons. The van der Waals surface area contributed by atoms with Gasteiger partial charge >= 0.3 is 0 Å². The van der Waals surface area contributed by atoms with Crippen LogP contribution in [0.4, 0.5) is 5.69 Å². The molecule has 1 aromatic rings. The van der Waals surface area contributed by atoms with Crippen molar-refractivity contribution in [1.29, 1.82) is 0 Å². The standard InChI is InChI=1S/C19H30N2O2/c1-15(2)14-23-18-11-7-8-16(12-18)20-13-19(22)21(3)17-9-5-4-6-10-17/h7-8,11-12,15,17,20H,4-6,9-10,13-14H2,1-3H3. The van der Waals surface area contributed by atoms with Crippen molar-refractivity contribution in [2.24, 2.45) is 5.92 Å². The van der Waals surface area contributed by atoms with E-state index in [9.17, 15) is 4.79 Å². The maximum absolute atomic E-state index is 12.3. The van der Waals surface area contributed by atoms with E-state index in [-0.39, 0.29) is 5.91 Å². The second-order valence-electron chi connectivity index (χ2n) is 6.88. The van der Waals surface area contributed by atoms with E-state index in [1.807, 2.05) is 36.2 Å². The van der Waals surface area contributed by atoms with E-state index in [4.69, 9.17) is 4.74 Å². The molecule has 0 atom stereocenters. The van der Waals surface area contributed by atoms with Gasteiger partial charge in [0.2, 0.25) is 5.91 Å². The Hall–Kier alpha value is -1.71. The van der Waals surface area contributed by atoms with E-state index < -0.39 is 0 Å². The van der Waals surface area contributed by atoms with E-state index in [0.29, 0.717) is 25.1 Å². The molecular formula is C19H30N2O2. The number of likely N-dealkylation sites (N-methyl/N-ethyl adjacent to an activating group) is 1. The van der Waals surface area contributed by atoms with Crippen LogP contribution in [0, 0.1) is 5.92 Å². The fourth-order valence-electron chi connectivity index (χ4n) is 2.93. The Kier molecular flexibility index (Phi) is 6.75. The number of nitrogens with one attached hydrogen (secondary N) is 1. The molecule has 4 nitrogen and oxygen atoms in total. The number of anilines is 1. The molecule has 0 spiro atoms. The number of rotatable bonds is 7. The van der Waals surface area contributed by atoms with Crippen LogP contribution < -0.4 is 10.1 Å². The minimum Gasteiger partial charge on any atom is -0.493 e. The Morgan fingerprint density at radius 2 is 2.04 bits per heavy atom. The van der Waals surface area contributed by atoms with Crippen LogP contribution >= 0.6 is 0 Å². The molecule has 1 N–H and O–H groups in total. The number of hydrogen-bond acceptors (Lipinski definition) is 3. The highest BCUT2D eigenvalue weighted by Gasteiger charge is 2.21. The highest BCUT2D eigenvalue weighted by atomic mass is 16.5. The number of hydrogen-bond donors (Lipinski definition) is 1. The predicted molar refractivity (Wildman–Crippen MR) is 94.9 cm³/mol. The predicted octanol–water partition coefficient (Wildman–Crippen LogP) is 3.92. The summed E-state index contributed by atoms with van der Waals surface area (Å²) in [5, 5.41) is 3.22. The van der Waals surface area contributed by atoms with Crippen LogP contribution in [-0.4, -0.2) is 37.0 Å². The Morgan fingerprint density at radius 1 is 1.30 bits per heavy atom. The first kappa shape index (κ1) is 17.6. The van der Waals surface area contributed by atoms with Crippen molar-refractivity contribution in [3.63, 3.8) is 0 Å². The molecule has 0 aromatic heterocycles. The summed E-state index contributed by atoms with van der Waals surface area (Å²) in [6, 6.07) is 8.24. The van der Waals surface area contributed by atoms with Crippen LogP contribution in [0.5, 0.6) is 5.75 Å². The molecule has 1 amide bonds. The van der Waals surface area contributed by atoms with Crippen LogP contribution in [0.1, 0.15) is 46.0 Å². The second kappa shape index (κ2) is 8.80. The van der Waals surface area contributed by atoms with E-state index in [1.165, 1.54) is 19.3 Å². The van der Waals surface area contributed by atoms with Crippen LogP contribution in [0.15, 0.2) is 24.3 Å². The first-order chi connectivity index (χ1) is 11.1. The average Bonchev–Trinajstić information content (AvgIpc) is 2.58. The number of nitrogens with zero attached hydrogens (tertiary/aromatic N) is 1. The van der Waals surface area contributed by atoms with E-state index in [0.717, 1.165) is 24.3 Å². The van der Waals surface area contributed by atoms with Crippen molar-refractivity contribution >= 4 is 11.6 Å². The van der Waals surface area contributed by atoms with Crippen molar-refractivity contribution in [3.8, 4) is 5.75 Å². The first-order valence-electron chi connectivity index (χ1n) is 8.78. The summed E-state index contributed by atoms with van der Waals surface area (Å²) in [4.78, 5) is 14.3. The molecule has 1 fully saturated rings. The van der Waals surface area contributed by atoms with Gasteiger partial charge in [0.25, 0.3) is 0 Å². The quantitative estimate of drug-likeness (QED) is 0.828. The summed E-state index contributed by atoms with van der Waals surface area (Å²) in [6.07, 6.45) is 6.07. The SMILES string of the molecule is CC(C)COc1cccc(NCC(=O)N(C)C2CCCCC2)c1. The largest absolute Gasteiger partial charge is 0.493 e.